The number of carbonyl (C=O) groups excluding carboxylic acids is 1. The molecule has 1 atom stereocenters. The first-order valence-electron chi connectivity index (χ1n) is 9.05. The lowest BCUT2D eigenvalue weighted by molar-refractivity contribution is 0.0858. The Bertz CT molecular complexity index is 925. The zero-order valence-corrected chi connectivity index (χ0v) is 17.2. The number of ether oxygens (including phenoxy) is 1. The Labute approximate surface area is 170 Å². The van der Waals surface area contributed by atoms with Crippen LogP contribution >= 0.6 is 11.6 Å². The molecule has 6 nitrogen and oxygen atoms in total. The molecule has 1 aliphatic rings. The van der Waals surface area contributed by atoms with Crippen molar-refractivity contribution < 1.29 is 17.9 Å². The van der Waals surface area contributed by atoms with Gasteiger partial charge >= 0.3 is 0 Å². The first kappa shape index (κ1) is 20.6. The molecule has 1 amide bonds. The summed E-state index contributed by atoms with van der Waals surface area (Å²) >= 11 is 6.18. The fourth-order valence-electron chi connectivity index (χ4n) is 3.07. The van der Waals surface area contributed by atoms with E-state index < -0.39 is 10.0 Å². The fourth-order valence-corrected chi connectivity index (χ4v) is 4.15. The Hall–Kier alpha value is -2.09. The fraction of sp³-hybridized carbons (Fsp3) is 0.350. The summed E-state index contributed by atoms with van der Waals surface area (Å²) in [5, 5.41) is 3.36. The number of nitrogens with one attached hydrogen (secondary N) is 1. The van der Waals surface area contributed by atoms with Gasteiger partial charge in [-0.2, -0.15) is 0 Å². The molecule has 0 spiro atoms. The summed E-state index contributed by atoms with van der Waals surface area (Å²) in [4.78, 5) is 12.3. The first-order chi connectivity index (χ1) is 13.3. The van der Waals surface area contributed by atoms with Crippen molar-refractivity contribution in [2.45, 2.75) is 25.5 Å². The molecule has 3 rings (SSSR count). The van der Waals surface area contributed by atoms with Crippen LogP contribution in [0, 0.1) is 0 Å². The van der Waals surface area contributed by atoms with Gasteiger partial charge in [0.05, 0.1) is 24.6 Å². The minimum atomic E-state index is -3.53. The quantitative estimate of drug-likeness (QED) is 0.743. The predicted molar refractivity (Wildman–Crippen MR) is 110 cm³/mol. The van der Waals surface area contributed by atoms with E-state index in [1.165, 1.54) is 4.31 Å². The number of hydrogen-bond acceptors (Lipinski definition) is 4. The van der Waals surface area contributed by atoms with E-state index in [9.17, 15) is 13.2 Å². The second-order valence-electron chi connectivity index (χ2n) is 6.75. The second-order valence-corrected chi connectivity index (χ2v) is 9.07. The minimum Gasteiger partial charge on any atom is -0.376 e. The zero-order chi connectivity index (χ0) is 20.1. The summed E-state index contributed by atoms with van der Waals surface area (Å²) in [5.41, 5.74) is 1.64. The maximum absolute atomic E-state index is 12.3. The third-order valence-electron chi connectivity index (χ3n) is 4.60. The highest BCUT2D eigenvalue weighted by molar-refractivity contribution is 7.92. The summed E-state index contributed by atoms with van der Waals surface area (Å²) in [6, 6.07) is 13.6. The average Bonchev–Trinajstić information content (AvgIpc) is 3.18. The molecule has 0 radical (unpaired) electrons. The van der Waals surface area contributed by atoms with Gasteiger partial charge in [-0.1, -0.05) is 29.8 Å². The van der Waals surface area contributed by atoms with Gasteiger partial charge in [-0.25, -0.2) is 8.42 Å². The molecule has 0 saturated carbocycles. The van der Waals surface area contributed by atoms with Crippen LogP contribution in [-0.4, -0.2) is 39.8 Å². The molecule has 2 aromatic rings. The van der Waals surface area contributed by atoms with E-state index in [0.29, 0.717) is 28.4 Å². The van der Waals surface area contributed by atoms with E-state index >= 15 is 0 Å². The SMILES string of the molecule is CS(=O)(=O)N(Cc1ccccc1Cl)c1ccc(C(=O)NC[C@H]2CCCO2)cc1. The van der Waals surface area contributed by atoms with E-state index in [-0.39, 0.29) is 18.6 Å². The lowest BCUT2D eigenvalue weighted by atomic mass is 10.1. The van der Waals surface area contributed by atoms with Gasteiger partial charge in [0.15, 0.2) is 0 Å². The van der Waals surface area contributed by atoms with Gasteiger partial charge in [-0.15, -0.1) is 0 Å². The van der Waals surface area contributed by atoms with Crippen molar-refractivity contribution in [1.82, 2.24) is 5.32 Å². The number of anilines is 1. The maximum Gasteiger partial charge on any atom is 0.251 e. The molecule has 0 bridgehead atoms. The summed E-state index contributed by atoms with van der Waals surface area (Å²) < 4.78 is 31.4. The molecule has 1 fully saturated rings. The summed E-state index contributed by atoms with van der Waals surface area (Å²) in [5.74, 6) is -0.209. The molecule has 8 heteroatoms. The number of amides is 1. The average molecular weight is 423 g/mol. The highest BCUT2D eigenvalue weighted by Crippen LogP contribution is 2.24. The third-order valence-corrected chi connectivity index (χ3v) is 6.11. The summed E-state index contributed by atoms with van der Waals surface area (Å²) in [6.07, 6.45) is 3.18. The predicted octanol–water partition coefficient (Wildman–Crippen LogP) is 3.22. The molecular weight excluding hydrogens is 400 g/mol. The summed E-state index contributed by atoms with van der Waals surface area (Å²) in [6.45, 7) is 1.33. The van der Waals surface area contributed by atoms with E-state index in [1.54, 1.807) is 42.5 Å². The monoisotopic (exact) mass is 422 g/mol. The maximum atomic E-state index is 12.3. The Morgan fingerprint density at radius 1 is 1.21 bits per heavy atom. The lowest BCUT2D eigenvalue weighted by Crippen LogP contribution is -2.32. The zero-order valence-electron chi connectivity index (χ0n) is 15.6. The molecule has 0 unspecified atom stereocenters. The van der Waals surface area contributed by atoms with E-state index in [0.717, 1.165) is 25.7 Å². The first-order valence-corrected chi connectivity index (χ1v) is 11.3. The summed E-state index contributed by atoms with van der Waals surface area (Å²) in [7, 11) is -3.53. The second kappa shape index (κ2) is 8.94. The van der Waals surface area contributed by atoms with E-state index in [2.05, 4.69) is 5.32 Å². The highest BCUT2D eigenvalue weighted by Gasteiger charge is 2.20. The lowest BCUT2D eigenvalue weighted by Gasteiger charge is -2.23. The smallest absolute Gasteiger partial charge is 0.251 e. The van der Waals surface area contributed by atoms with Gasteiger partial charge in [0.1, 0.15) is 0 Å². The van der Waals surface area contributed by atoms with Crippen LogP contribution in [-0.2, 0) is 21.3 Å². The Kier molecular flexibility index (Phi) is 6.59. The van der Waals surface area contributed by atoms with Crippen molar-refractivity contribution in [3.63, 3.8) is 0 Å². The van der Waals surface area contributed by atoms with Gasteiger partial charge < -0.3 is 10.1 Å². The largest absolute Gasteiger partial charge is 0.376 e. The van der Waals surface area contributed by atoms with Gasteiger partial charge in [0, 0.05) is 23.7 Å². The Morgan fingerprint density at radius 3 is 2.54 bits per heavy atom. The van der Waals surface area contributed by atoms with Crippen LogP contribution in [0.15, 0.2) is 48.5 Å². The van der Waals surface area contributed by atoms with Crippen LogP contribution in [0.25, 0.3) is 0 Å². The van der Waals surface area contributed by atoms with Crippen LogP contribution in [0.3, 0.4) is 0 Å². The number of hydrogen-bond donors (Lipinski definition) is 1. The molecule has 1 aliphatic heterocycles. The molecular formula is C20H23ClN2O4S. The number of rotatable bonds is 7. The minimum absolute atomic E-state index is 0.0690. The molecule has 1 saturated heterocycles. The van der Waals surface area contributed by atoms with Gasteiger partial charge in [-0.3, -0.25) is 9.10 Å². The van der Waals surface area contributed by atoms with Crippen LogP contribution in [0.5, 0.6) is 0 Å². The van der Waals surface area contributed by atoms with E-state index in [4.69, 9.17) is 16.3 Å². The Morgan fingerprint density at radius 2 is 1.93 bits per heavy atom. The molecule has 0 aliphatic carbocycles. The van der Waals surface area contributed by atoms with Crippen molar-refractivity contribution in [2.24, 2.45) is 0 Å². The molecule has 2 aromatic carbocycles. The van der Waals surface area contributed by atoms with Crippen molar-refractivity contribution in [1.29, 1.82) is 0 Å². The van der Waals surface area contributed by atoms with Crippen molar-refractivity contribution in [2.75, 3.05) is 23.7 Å². The number of halogens is 1. The molecule has 1 heterocycles. The van der Waals surface area contributed by atoms with Crippen LogP contribution < -0.4 is 9.62 Å². The van der Waals surface area contributed by atoms with Crippen molar-refractivity contribution in [3.8, 4) is 0 Å². The van der Waals surface area contributed by atoms with Crippen molar-refractivity contribution >= 4 is 33.2 Å². The third kappa shape index (κ3) is 5.25. The van der Waals surface area contributed by atoms with Crippen LogP contribution in [0.1, 0.15) is 28.8 Å². The number of sulfonamides is 1. The number of benzene rings is 2. The normalized spacial score (nSPS) is 16.7. The van der Waals surface area contributed by atoms with Crippen molar-refractivity contribution in [3.05, 3.63) is 64.7 Å². The van der Waals surface area contributed by atoms with Gasteiger partial charge in [0.25, 0.3) is 5.91 Å². The van der Waals surface area contributed by atoms with E-state index in [1.807, 2.05) is 6.07 Å². The highest BCUT2D eigenvalue weighted by atomic mass is 35.5. The van der Waals surface area contributed by atoms with Crippen LogP contribution in [0.2, 0.25) is 5.02 Å². The molecule has 150 valence electrons. The number of nitrogens with zero attached hydrogens (tertiary/aromatic N) is 1. The standard InChI is InChI=1S/C20H23ClN2O4S/c1-28(25,26)23(14-16-5-2-3-7-19(16)21)17-10-8-15(9-11-17)20(24)22-13-18-6-4-12-27-18/h2-3,5,7-11,18H,4,6,12-14H2,1H3,(H,22,24)/t18-/m1/s1. The Balaban J connectivity index is 1.73. The molecule has 0 aromatic heterocycles. The molecule has 1 N–H and O–H groups in total. The topological polar surface area (TPSA) is 75.7 Å². The van der Waals surface area contributed by atoms with Crippen LogP contribution in [0.4, 0.5) is 5.69 Å². The number of carbonyl (C=O) groups is 1. The van der Waals surface area contributed by atoms with Gasteiger partial charge in [0.2, 0.25) is 10.0 Å². The molecule has 28 heavy (non-hydrogen) atoms. The van der Waals surface area contributed by atoms with Gasteiger partial charge in [-0.05, 0) is 48.7 Å².